The zero-order valence-corrected chi connectivity index (χ0v) is 15.6. The molecule has 28 heavy (non-hydrogen) atoms. The summed E-state index contributed by atoms with van der Waals surface area (Å²) in [5.74, 6) is 0. The van der Waals surface area contributed by atoms with Gasteiger partial charge in [-0.05, 0) is 42.5 Å². The van der Waals surface area contributed by atoms with Crippen molar-refractivity contribution in [3.05, 3.63) is 77.6 Å². The first kappa shape index (κ1) is 20.0. The second kappa shape index (κ2) is 7.69. The maximum Gasteiger partial charge on any atom is 0.416 e. The second-order valence-electron chi connectivity index (χ2n) is 5.69. The normalized spacial score (nSPS) is 11.9. The van der Waals surface area contributed by atoms with Gasteiger partial charge in [0.05, 0.1) is 16.9 Å². The zero-order chi connectivity index (χ0) is 20.4. The summed E-state index contributed by atoms with van der Waals surface area (Å²) in [4.78, 5) is 3.57. The summed E-state index contributed by atoms with van der Waals surface area (Å²) in [7, 11) is -4.08. The van der Waals surface area contributed by atoms with E-state index in [0.29, 0.717) is 5.02 Å². The number of halogens is 4. The van der Waals surface area contributed by atoms with E-state index < -0.39 is 21.8 Å². The van der Waals surface area contributed by atoms with E-state index in [4.69, 9.17) is 11.6 Å². The SMILES string of the molecule is O=S(=O)(Nc1cccc(Cl)c1)c1cnccc1Nc1cccc(C(F)(F)F)c1. The predicted molar refractivity (Wildman–Crippen MR) is 101 cm³/mol. The Hall–Kier alpha value is -2.78. The molecule has 0 atom stereocenters. The third kappa shape index (κ3) is 4.73. The number of nitrogens with one attached hydrogen (secondary N) is 2. The number of alkyl halides is 3. The molecule has 0 amide bonds. The molecule has 0 spiro atoms. The molecule has 146 valence electrons. The predicted octanol–water partition coefficient (Wildman–Crippen LogP) is 5.30. The number of rotatable bonds is 5. The largest absolute Gasteiger partial charge is 0.416 e. The number of nitrogens with zero attached hydrogens (tertiary/aromatic N) is 1. The number of benzene rings is 2. The highest BCUT2D eigenvalue weighted by atomic mass is 35.5. The Morgan fingerprint density at radius 1 is 0.964 bits per heavy atom. The lowest BCUT2D eigenvalue weighted by Gasteiger charge is -2.15. The van der Waals surface area contributed by atoms with E-state index in [1.807, 2.05) is 0 Å². The molecule has 2 aromatic carbocycles. The molecule has 3 aromatic rings. The van der Waals surface area contributed by atoms with Crippen molar-refractivity contribution in [3.63, 3.8) is 0 Å². The number of sulfonamides is 1. The molecule has 2 N–H and O–H groups in total. The van der Waals surface area contributed by atoms with Gasteiger partial charge in [0.2, 0.25) is 0 Å². The van der Waals surface area contributed by atoms with Crippen LogP contribution in [0.5, 0.6) is 0 Å². The fourth-order valence-electron chi connectivity index (χ4n) is 2.39. The van der Waals surface area contributed by atoms with Crippen molar-refractivity contribution >= 4 is 38.7 Å². The van der Waals surface area contributed by atoms with E-state index in [-0.39, 0.29) is 22.0 Å². The fourth-order valence-corrected chi connectivity index (χ4v) is 3.73. The minimum atomic E-state index is -4.51. The van der Waals surface area contributed by atoms with Gasteiger partial charge in [0, 0.05) is 23.1 Å². The average molecular weight is 428 g/mol. The van der Waals surface area contributed by atoms with Crippen LogP contribution in [0.4, 0.5) is 30.2 Å². The first-order valence-corrected chi connectivity index (χ1v) is 9.68. The van der Waals surface area contributed by atoms with Crippen molar-refractivity contribution in [1.82, 2.24) is 4.98 Å². The average Bonchev–Trinajstić information content (AvgIpc) is 2.61. The smallest absolute Gasteiger partial charge is 0.354 e. The van der Waals surface area contributed by atoms with Crippen LogP contribution in [0.1, 0.15) is 5.56 Å². The summed E-state index contributed by atoms with van der Waals surface area (Å²) in [5, 5.41) is 3.04. The van der Waals surface area contributed by atoms with Crippen LogP contribution in [0.15, 0.2) is 71.9 Å². The van der Waals surface area contributed by atoms with E-state index >= 15 is 0 Å². The summed E-state index contributed by atoms with van der Waals surface area (Å²) in [6.07, 6.45) is -2.09. The minimum Gasteiger partial charge on any atom is -0.354 e. The summed E-state index contributed by atoms with van der Waals surface area (Å²) < 4.78 is 66.5. The molecule has 0 aliphatic rings. The van der Waals surface area contributed by atoms with Crippen LogP contribution in [0.3, 0.4) is 0 Å². The van der Waals surface area contributed by atoms with Crippen LogP contribution >= 0.6 is 11.6 Å². The lowest BCUT2D eigenvalue weighted by atomic mass is 10.2. The molecule has 3 rings (SSSR count). The second-order valence-corrected chi connectivity index (χ2v) is 7.78. The number of hydrogen-bond acceptors (Lipinski definition) is 4. The monoisotopic (exact) mass is 427 g/mol. The van der Waals surface area contributed by atoms with Gasteiger partial charge in [0.25, 0.3) is 10.0 Å². The number of anilines is 3. The molecule has 1 aromatic heterocycles. The van der Waals surface area contributed by atoms with Gasteiger partial charge >= 0.3 is 6.18 Å². The molecular formula is C18H13ClF3N3O2S. The number of hydrogen-bond donors (Lipinski definition) is 2. The van der Waals surface area contributed by atoms with Crippen LogP contribution in [0, 0.1) is 0 Å². The quantitative estimate of drug-likeness (QED) is 0.579. The van der Waals surface area contributed by atoms with Crippen LogP contribution in [-0.4, -0.2) is 13.4 Å². The maximum atomic E-state index is 12.9. The molecular weight excluding hydrogens is 415 g/mol. The molecule has 1 heterocycles. The van der Waals surface area contributed by atoms with Crippen LogP contribution < -0.4 is 10.0 Å². The molecule has 0 aliphatic carbocycles. The standard InChI is InChI=1S/C18H13ClF3N3O2S/c19-13-4-2-6-15(10-13)25-28(26,27)17-11-23-8-7-16(17)24-14-5-1-3-12(9-14)18(20,21)22/h1-11,25H,(H,23,24). The van der Waals surface area contributed by atoms with Crippen LogP contribution in [-0.2, 0) is 16.2 Å². The zero-order valence-electron chi connectivity index (χ0n) is 14.0. The summed E-state index contributed by atoms with van der Waals surface area (Å²) in [6, 6.07) is 11.9. The van der Waals surface area contributed by atoms with Gasteiger partial charge in [0.1, 0.15) is 4.90 Å². The van der Waals surface area contributed by atoms with Gasteiger partial charge in [-0.15, -0.1) is 0 Å². The Morgan fingerprint density at radius 2 is 1.68 bits per heavy atom. The van der Waals surface area contributed by atoms with Gasteiger partial charge in [0.15, 0.2) is 0 Å². The molecule has 0 radical (unpaired) electrons. The van der Waals surface area contributed by atoms with Crippen molar-refractivity contribution < 1.29 is 21.6 Å². The third-order valence-corrected chi connectivity index (χ3v) is 5.26. The highest BCUT2D eigenvalue weighted by molar-refractivity contribution is 7.92. The first-order chi connectivity index (χ1) is 13.1. The first-order valence-electron chi connectivity index (χ1n) is 7.82. The topological polar surface area (TPSA) is 71.1 Å². The van der Waals surface area contributed by atoms with Gasteiger partial charge in [-0.1, -0.05) is 23.7 Å². The molecule has 0 fully saturated rings. The Balaban J connectivity index is 1.93. The van der Waals surface area contributed by atoms with Crippen molar-refractivity contribution in [2.24, 2.45) is 0 Å². The van der Waals surface area contributed by atoms with Gasteiger partial charge in [-0.3, -0.25) is 9.71 Å². The lowest BCUT2D eigenvalue weighted by Crippen LogP contribution is -2.15. The van der Waals surface area contributed by atoms with Crippen molar-refractivity contribution in [2.45, 2.75) is 11.1 Å². The van der Waals surface area contributed by atoms with E-state index in [9.17, 15) is 21.6 Å². The molecule has 0 saturated carbocycles. The van der Waals surface area contributed by atoms with Crippen molar-refractivity contribution in [1.29, 1.82) is 0 Å². The van der Waals surface area contributed by atoms with Crippen LogP contribution in [0.25, 0.3) is 0 Å². The third-order valence-electron chi connectivity index (χ3n) is 3.62. The molecule has 0 aliphatic heterocycles. The molecule has 5 nitrogen and oxygen atoms in total. The Labute approximate surface area is 164 Å². The summed E-state index contributed by atoms with van der Waals surface area (Å²) in [5.41, 5.74) is -0.460. The van der Waals surface area contributed by atoms with E-state index in [1.54, 1.807) is 12.1 Å². The summed E-state index contributed by atoms with van der Waals surface area (Å²) >= 11 is 5.86. The lowest BCUT2D eigenvalue weighted by molar-refractivity contribution is -0.137. The Kier molecular flexibility index (Phi) is 5.48. The van der Waals surface area contributed by atoms with Gasteiger partial charge in [-0.2, -0.15) is 13.2 Å². The van der Waals surface area contributed by atoms with Crippen molar-refractivity contribution in [3.8, 4) is 0 Å². The Bertz CT molecular complexity index is 1100. The van der Waals surface area contributed by atoms with Crippen molar-refractivity contribution in [2.75, 3.05) is 10.0 Å². The minimum absolute atomic E-state index is 0.0730. The van der Waals surface area contributed by atoms with E-state index in [0.717, 1.165) is 18.3 Å². The van der Waals surface area contributed by atoms with Gasteiger partial charge < -0.3 is 5.32 Å². The summed E-state index contributed by atoms with van der Waals surface area (Å²) in [6.45, 7) is 0. The number of aromatic nitrogens is 1. The van der Waals surface area contributed by atoms with E-state index in [1.165, 1.54) is 36.5 Å². The molecule has 0 saturated heterocycles. The Morgan fingerprint density at radius 3 is 2.39 bits per heavy atom. The fraction of sp³-hybridized carbons (Fsp3) is 0.0556. The molecule has 10 heteroatoms. The number of pyridine rings is 1. The highest BCUT2D eigenvalue weighted by Crippen LogP contribution is 2.32. The highest BCUT2D eigenvalue weighted by Gasteiger charge is 2.30. The molecule has 0 unspecified atom stereocenters. The maximum absolute atomic E-state index is 12.9. The van der Waals surface area contributed by atoms with Gasteiger partial charge in [-0.25, -0.2) is 8.42 Å². The van der Waals surface area contributed by atoms with Crippen LogP contribution in [0.2, 0.25) is 5.02 Å². The van der Waals surface area contributed by atoms with E-state index in [2.05, 4.69) is 15.0 Å². The molecule has 0 bridgehead atoms.